The summed E-state index contributed by atoms with van der Waals surface area (Å²) in [7, 11) is 0. The van der Waals surface area contributed by atoms with Crippen molar-refractivity contribution in [1.29, 1.82) is 0 Å². The van der Waals surface area contributed by atoms with E-state index in [2.05, 4.69) is 40.6 Å². The van der Waals surface area contributed by atoms with Crippen LogP contribution in [0.4, 0.5) is 5.69 Å². The van der Waals surface area contributed by atoms with E-state index < -0.39 is 0 Å². The fraction of sp³-hybridized carbons (Fsp3) is 0.500. The zero-order valence-corrected chi connectivity index (χ0v) is 16.6. The molecule has 28 heavy (non-hydrogen) atoms. The van der Waals surface area contributed by atoms with Crippen molar-refractivity contribution in [3.05, 3.63) is 59.9 Å². The van der Waals surface area contributed by atoms with Crippen LogP contribution in [0.25, 0.3) is 0 Å². The van der Waals surface area contributed by atoms with Gasteiger partial charge in [0.15, 0.2) is 0 Å². The molecule has 148 valence electrons. The molecule has 0 radical (unpaired) electrons. The Balaban J connectivity index is 1.27. The minimum atomic E-state index is 0.0716. The van der Waals surface area contributed by atoms with Gasteiger partial charge in [-0.25, -0.2) is 4.98 Å². The molecule has 0 unspecified atom stereocenters. The summed E-state index contributed by atoms with van der Waals surface area (Å²) in [4.78, 5) is 19.2. The van der Waals surface area contributed by atoms with Crippen LogP contribution >= 0.6 is 0 Å². The second-order valence-electron chi connectivity index (χ2n) is 8.34. The summed E-state index contributed by atoms with van der Waals surface area (Å²) in [6, 6.07) is 15.1. The van der Waals surface area contributed by atoms with Gasteiger partial charge in [0.05, 0.1) is 11.9 Å². The molecular weight excluding hydrogens is 346 g/mol. The normalized spacial score (nSPS) is 18.8. The largest absolute Gasteiger partial charge is 0.381 e. The zero-order valence-electron chi connectivity index (χ0n) is 16.6. The lowest BCUT2D eigenvalue weighted by atomic mass is 9.90. The van der Waals surface area contributed by atoms with Crippen molar-refractivity contribution < 1.29 is 4.79 Å². The number of pyridine rings is 1. The van der Waals surface area contributed by atoms with Gasteiger partial charge in [-0.15, -0.1) is 0 Å². The molecule has 2 heterocycles. The van der Waals surface area contributed by atoms with Gasteiger partial charge < -0.3 is 10.2 Å². The first kappa shape index (κ1) is 19.0. The first-order chi connectivity index (χ1) is 13.8. The maximum absolute atomic E-state index is 12.8. The lowest BCUT2D eigenvalue weighted by Crippen LogP contribution is -2.39. The fourth-order valence-electron chi connectivity index (χ4n) is 4.54. The van der Waals surface area contributed by atoms with Crippen molar-refractivity contribution in [2.75, 3.05) is 18.4 Å². The topological polar surface area (TPSA) is 45.2 Å². The molecule has 4 nitrogen and oxygen atoms in total. The summed E-state index contributed by atoms with van der Waals surface area (Å²) in [6.45, 7) is 1.67. The molecule has 2 aliphatic rings. The van der Waals surface area contributed by atoms with Gasteiger partial charge in [0.2, 0.25) is 0 Å². The Kier molecular flexibility index (Phi) is 6.25. The Morgan fingerprint density at radius 3 is 2.39 bits per heavy atom. The maximum Gasteiger partial charge on any atom is 0.272 e. The van der Waals surface area contributed by atoms with Gasteiger partial charge in [-0.05, 0) is 55.7 Å². The third-order valence-electron chi connectivity index (χ3n) is 6.23. The Hall–Kier alpha value is -2.36. The van der Waals surface area contributed by atoms with Crippen molar-refractivity contribution in [3.8, 4) is 0 Å². The van der Waals surface area contributed by atoms with Crippen LogP contribution in [0, 0.1) is 5.92 Å². The van der Waals surface area contributed by atoms with Gasteiger partial charge >= 0.3 is 0 Å². The lowest BCUT2D eigenvalue weighted by Gasteiger charge is -2.32. The minimum Gasteiger partial charge on any atom is -0.381 e. The first-order valence-electron chi connectivity index (χ1n) is 10.8. The van der Waals surface area contributed by atoms with Crippen LogP contribution in [0.15, 0.2) is 48.7 Å². The molecule has 0 atom stereocenters. The molecule has 1 N–H and O–H groups in total. The molecule has 1 amide bonds. The number of carbonyl (C=O) groups is 1. The van der Waals surface area contributed by atoms with Crippen LogP contribution in [-0.2, 0) is 6.42 Å². The monoisotopic (exact) mass is 377 g/mol. The van der Waals surface area contributed by atoms with E-state index in [0.29, 0.717) is 17.7 Å². The van der Waals surface area contributed by atoms with Crippen molar-refractivity contribution in [3.63, 3.8) is 0 Å². The van der Waals surface area contributed by atoms with E-state index in [9.17, 15) is 4.79 Å². The quantitative estimate of drug-likeness (QED) is 0.804. The third kappa shape index (κ3) is 4.92. The molecule has 1 aliphatic carbocycles. The number of nitrogens with zero attached hydrogens (tertiary/aromatic N) is 2. The second kappa shape index (κ2) is 9.22. The van der Waals surface area contributed by atoms with Crippen molar-refractivity contribution in [2.45, 2.75) is 57.4 Å². The molecule has 0 spiro atoms. The summed E-state index contributed by atoms with van der Waals surface area (Å²) in [5.41, 5.74) is 3.00. The Morgan fingerprint density at radius 2 is 1.71 bits per heavy atom. The second-order valence-corrected chi connectivity index (χ2v) is 8.34. The van der Waals surface area contributed by atoms with E-state index in [-0.39, 0.29) is 5.91 Å². The SMILES string of the molecule is O=C(c1ccc(NC2CCCCC2)cn1)N1CCC(Cc2ccccc2)CC1. The lowest BCUT2D eigenvalue weighted by molar-refractivity contribution is 0.0684. The number of amides is 1. The average Bonchev–Trinajstić information content (AvgIpc) is 2.76. The molecule has 1 saturated heterocycles. The van der Waals surface area contributed by atoms with Crippen molar-refractivity contribution in [1.82, 2.24) is 9.88 Å². The molecule has 1 aliphatic heterocycles. The molecule has 2 fully saturated rings. The smallest absolute Gasteiger partial charge is 0.272 e. The number of anilines is 1. The molecule has 1 saturated carbocycles. The minimum absolute atomic E-state index is 0.0716. The van der Waals surface area contributed by atoms with Gasteiger partial charge in [0, 0.05) is 19.1 Å². The van der Waals surface area contributed by atoms with Crippen LogP contribution in [0.2, 0.25) is 0 Å². The molecular formula is C24H31N3O. The van der Waals surface area contributed by atoms with Crippen LogP contribution in [0.1, 0.15) is 61.0 Å². The standard InChI is InChI=1S/C24H31N3O/c28-24(23-12-11-22(18-25-23)26-21-9-5-2-6-10-21)27-15-13-20(14-16-27)17-19-7-3-1-4-8-19/h1,3-4,7-8,11-12,18,20-21,26H,2,5-6,9-10,13-17H2. The maximum atomic E-state index is 12.8. The number of likely N-dealkylation sites (tertiary alicyclic amines) is 1. The van der Waals surface area contributed by atoms with E-state index in [0.717, 1.165) is 38.0 Å². The predicted molar refractivity (Wildman–Crippen MR) is 114 cm³/mol. The summed E-state index contributed by atoms with van der Waals surface area (Å²) in [5.74, 6) is 0.740. The number of nitrogens with one attached hydrogen (secondary N) is 1. The Labute approximate surface area is 168 Å². The first-order valence-corrected chi connectivity index (χ1v) is 10.8. The van der Waals surface area contributed by atoms with Gasteiger partial charge in [0.25, 0.3) is 5.91 Å². The third-order valence-corrected chi connectivity index (χ3v) is 6.23. The summed E-state index contributed by atoms with van der Waals surface area (Å²) >= 11 is 0. The molecule has 1 aromatic heterocycles. The van der Waals surface area contributed by atoms with Gasteiger partial charge in [-0.1, -0.05) is 49.6 Å². The fourth-order valence-corrected chi connectivity index (χ4v) is 4.54. The van der Waals surface area contributed by atoms with E-state index >= 15 is 0 Å². The molecule has 2 aromatic rings. The van der Waals surface area contributed by atoms with Crippen LogP contribution < -0.4 is 5.32 Å². The molecule has 1 aromatic carbocycles. The van der Waals surface area contributed by atoms with E-state index in [1.807, 2.05) is 23.2 Å². The van der Waals surface area contributed by atoms with Crippen molar-refractivity contribution in [2.24, 2.45) is 5.92 Å². The Bertz CT molecular complexity index is 745. The predicted octanol–water partition coefficient (Wildman–Crippen LogP) is 4.92. The zero-order chi connectivity index (χ0) is 19.2. The summed E-state index contributed by atoms with van der Waals surface area (Å²) in [5, 5.41) is 3.57. The highest BCUT2D eigenvalue weighted by atomic mass is 16.2. The summed E-state index contributed by atoms with van der Waals surface area (Å²) < 4.78 is 0. The van der Waals surface area contributed by atoms with Gasteiger partial charge in [-0.2, -0.15) is 0 Å². The van der Waals surface area contributed by atoms with Crippen molar-refractivity contribution >= 4 is 11.6 Å². The molecule has 0 bridgehead atoms. The number of aromatic nitrogens is 1. The van der Waals surface area contributed by atoms with E-state index in [4.69, 9.17) is 0 Å². The number of piperidine rings is 1. The highest BCUT2D eigenvalue weighted by Crippen LogP contribution is 2.24. The number of benzene rings is 1. The number of hydrogen-bond acceptors (Lipinski definition) is 3. The highest BCUT2D eigenvalue weighted by Gasteiger charge is 2.24. The van der Waals surface area contributed by atoms with Crippen LogP contribution in [-0.4, -0.2) is 34.9 Å². The van der Waals surface area contributed by atoms with E-state index in [1.165, 1.54) is 37.7 Å². The van der Waals surface area contributed by atoms with Gasteiger partial charge in [0.1, 0.15) is 5.69 Å². The average molecular weight is 378 g/mol. The van der Waals surface area contributed by atoms with Crippen LogP contribution in [0.5, 0.6) is 0 Å². The summed E-state index contributed by atoms with van der Waals surface area (Å²) in [6.07, 6.45) is 11.5. The van der Waals surface area contributed by atoms with Crippen LogP contribution in [0.3, 0.4) is 0 Å². The highest BCUT2D eigenvalue weighted by molar-refractivity contribution is 5.92. The molecule has 4 rings (SSSR count). The number of rotatable bonds is 5. The molecule has 4 heteroatoms. The number of hydrogen-bond donors (Lipinski definition) is 1. The van der Waals surface area contributed by atoms with E-state index in [1.54, 1.807) is 0 Å². The van der Waals surface area contributed by atoms with Gasteiger partial charge in [-0.3, -0.25) is 4.79 Å². The Morgan fingerprint density at radius 1 is 0.964 bits per heavy atom. The number of carbonyl (C=O) groups excluding carboxylic acids is 1.